The lowest BCUT2D eigenvalue weighted by Crippen LogP contribution is -2.39. The van der Waals surface area contributed by atoms with Crippen molar-refractivity contribution in [2.45, 2.75) is 32.7 Å². The molecule has 1 aliphatic rings. The van der Waals surface area contributed by atoms with Gasteiger partial charge in [0.15, 0.2) is 0 Å². The van der Waals surface area contributed by atoms with E-state index in [0.29, 0.717) is 43.0 Å². The van der Waals surface area contributed by atoms with Crippen LogP contribution in [0.5, 0.6) is 0 Å². The first-order valence-corrected chi connectivity index (χ1v) is 10.2. The van der Waals surface area contributed by atoms with E-state index in [-0.39, 0.29) is 29.6 Å². The molecule has 0 aliphatic carbocycles. The van der Waals surface area contributed by atoms with Crippen LogP contribution < -0.4 is 21.7 Å². The first-order chi connectivity index (χ1) is 14.8. The van der Waals surface area contributed by atoms with Gasteiger partial charge in [0, 0.05) is 35.5 Å². The molecule has 0 unspecified atom stereocenters. The van der Waals surface area contributed by atoms with Gasteiger partial charge >= 0.3 is 0 Å². The maximum absolute atomic E-state index is 14.2. The molecular weight excluding hydrogens is 399 g/mol. The molecule has 3 aromatic rings. The number of rotatable bonds is 5. The number of piperidine rings is 1. The summed E-state index contributed by atoms with van der Waals surface area (Å²) in [5.74, 6) is 0.522. The van der Waals surface area contributed by atoms with Gasteiger partial charge < -0.3 is 21.7 Å². The number of carbonyl (C=O) groups excluding carboxylic acids is 1. The second-order valence-electron chi connectivity index (χ2n) is 7.84. The van der Waals surface area contributed by atoms with Crippen molar-refractivity contribution >= 4 is 34.5 Å². The number of aryl methyl sites for hydroxylation is 1. The topological polar surface area (TPSA) is 136 Å². The largest absolute Gasteiger partial charge is 0.369 e. The first-order valence-electron chi connectivity index (χ1n) is 10.2. The van der Waals surface area contributed by atoms with E-state index in [1.165, 1.54) is 12.4 Å². The SMILES string of the molecule is Cc1c(F)ccc2cc([C@H](C)Nc3ncnc(N)n3)c(N3CCC(C(N)=O)CC3)nc12. The molecule has 1 aliphatic heterocycles. The summed E-state index contributed by atoms with van der Waals surface area (Å²) in [7, 11) is 0. The highest BCUT2D eigenvalue weighted by atomic mass is 19.1. The fourth-order valence-corrected chi connectivity index (χ4v) is 3.96. The number of amides is 1. The number of benzene rings is 1. The Balaban J connectivity index is 1.74. The predicted octanol–water partition coefficient (Wildman–Crippen LogP) is 2.32. The minimum absolute atomic E-state index is 0.126. The highest BCUT2D eigenvalue weighted by Gasteiger charge is 2.27. The van der Waals surface area contributed by atoms with Gasteiger partial charge in [0.25, 0.3) is 0 Å². The monoisotopic (exact) mass is 424 g/mol. The Morgan fingerprint density at radius 1 is 1.26 bits per heavy atom. The van der Waals surface area contributed by atoms with Gasteiger partial charge in [-0.05, 0) is 44.9 Å². The van der Waals surface area contributed by atoms with Crippen molar-refractivity contribution in [1.29, 1.82) is 0 Å². The molecule has 2 aromatic heterocycles. The molecule has 31 heavy (non-hydrogen) atoms. The number of halogens is 1. The molecule has 1 fully saturated rings. The average molecular weight is 424 g/mol. The predicted molar refractivity (Wildman–Crippen MR) is 117 cm³/mol. The van der Waals surface area contributed by atoms with E-state index in [9.17, 15) is 9.18 Å². The number of primary amides is 1. The Bertz CT molecular complexity index is 1130. The zero-order valence-electron chi connectivity index (χ0n) is 17.5. The summed E-state index contributed by atoms with van der Waals surface area (Å²) in [6.07, 6.45) is 2.66. The number of hydrogen-bond donors (Lipinski definition) is 3. The molecule has 10 heteroatoms. The molecule has 1 atom stereocenters. The molecule has 1 aromatic carbocycles. The molecule has 3 heterocycles. The second-order valence-corrected chi connectivity index (χ2v) is 7.84. The van der Waals surface area contributed by atoms with E-state index in [1.54, 1.807) is 13.0 Å². The summed E-state index contributed by atoms with van der Waals surface area (Å²) in [6, 6.07) is 4.97. The molecule has 5 N–H and O–H groups in total. The number of nitrogens with zero attached hydrogens (tertiary/aromatic N) is 5. The van der Waals surface area contributed by atoms with Crippen LogP contribution in [0.2, 0.25) is 0 Å². The smallest absolute Gasteiger partial charge is 0.227 e. The van der Waals surface area contributed by atoms with Crippen molar-refractivity contribution < 1.29 is 9.18 Å². The van der Waals surface area contributed by atoms with Crippen molar-refractivity contribution in [1.82, 2.24) is 19.9 Å². The zero-order chi connectivity index (χ0) is 22.1. The number of aromatic nitrogens is 4. The third-order valence-corrected chi connectivity index (χ3v) is 5.78. The van der Waals surface area contributed by atoms with Gasteiger partial charge in [0.05, 0.1) is 11.6 Å². The number of fused-ring (bicyclic) bond motifs is 1. The van der Waals surface area contributed by atoms with Gasteiger partial charge in [0.1, 0.15) is 18.0 Å². The van der Waals surface area contributed by atoms with Crippen molar-refractivity contribution in [2.24, 2.45) is 11.7 Å². The van der Waals surface area contributed by atoms with Crippen molar-refractivity contribution in [2.75, 3.05) is 29.0 Å². The highest BCUT2D eigenvalue weighted by Crippen LogP contribution is 2.33. The third kappa shape index (κ3) is 4.18. The van der Waals surface area contributed by atoms with Crippen LogP contribution in [0.3, 0.4) is 0 Å². The average Bonchev–Trinajstić information content (AvgIpc) is 2.75. The fraction of sp³-hybridized carbons (Fsp3) is 0.381. The van der Waals surface area contributed by atoms with E-state index < -0.39 is 0 Å². The van der Waals surface area contributed by atoms with Gasteiger partial charge in [-0.25, -0.2) is 19.3 Å². The van der Waals surface area contributed by atoms with Crippen LogP contribution >= 0.6 is 0 Å². The summed E-state index contributed by atoms with van der Waals surface area (Å²) in [4.78, 5) is 30.6. The lowest BCUT2D eigenvalue weighted by molar-refractivity contribution is -0.122. The highest BCUT2D eigenvalue weighted by molar-refractivity contribution is 5.85. The van der Waals surface area contributed by atoms with E-state index >= 15 is 0 Å². The summed E-state index contributed by atoms with van der Waals surface area (Å²) >= 11 is 0. The molecule has 0 bridgehead atoms. The quantitative estimate of drug-likeness (QED) is 0.568. The van der Waals surface area contributed by atoms with Crippen molar-refractivity contribution in [3.63, 3.8) is 0 Å². The lowest BCUT2D eigenvalue weighted by Gasteiger charge is -2.34. The normalized spacial score (nSPS) is 15.8. The Morgan fingerprint density at radius 2 is 2.00 bits per heavy atom. The molecule has 4 rings (SSSR count). The van der Waals surface area contributed by atoms with Crippen LogP contribution in [0.1, 0.15) is 36.9 Å². The number of nitrogen functional groups attached to an aromatic ring is 1. The summed E-state index contributed by atoms with van der Waals surface area (Å²) in [5.41, 5.74) is 13.2. The Labute approximate surface area is 179 Å². The van der Waals surface area contributed by atoms with Crippen LogP contribution in [0.15, 0.2) is 24.5 Å². The number of carbonyl (C=O) groups is 1. The number of nitrogens with one attached hydrogen (secondary N) is 1. The lowest BCUT2D eigenvalue weighted by atomic mass is 9.95. The van der Waals surface area contributed by atoms with Gasteiger partial charge in [-0.2, -0.15) is 4.98 Å². The van der Waals surface area contributed by atoms with E-state index in [2.05, 4.69) is 25.2 Å². The van der Waals surface area contributed by atoms with Crippen molar-refractivity contribution in [3.8, 4) is 0 Å². The Hall–Kier alpha value is -3.56. The van der Waals surface area contributed by atoms with Crippen LogP contribution in [0, 0.1) is 18.7 Å². The molecule has 9 nitrogen and oxygen atoms in total. The van der Waals surface area contributed by atoms with Gasteiger partial charge in [-0.3, -0.25) is 4.79 Å². The fourth-order valence-electron chi connectivity index (χ4n) is 3.96. The number of nitrogens with two attached hydrogens (primary N) is 2. The zero-order valence-corrected chi connectivity index (χ0v) is 17.5. The molecule has 1 amide bonds. The van der Waals surface area contributed by atoms with E-state index in [4.69, 9.17) is 16.5 Å². The number of pyridine rings is 1. The Kier molecular flexibility index (Phi) is 5.53. The summed E-state index contributed by atoms with van der Waals surface area (Å²) < 4.78 is 14.2. The summed E-state index contributed by atoms with van der Waals surface area (Å²) in [6.45, 7) is 4.97. The maximum Gasteiger partial charge on any atom is 0.227 e. The molecular formula is C21H25FN8O. The van der Waals surface area contributed by atoms with Crippen molar-refractivity contribution in [3.05, 3.63) is 41.5 Å². The van der Waals surface area contributed by atoms with Crippen LogP contribution in [0.4, 0.5) is 22.1 Å². The van der Waals surface area contributed by atoms with Crippen LogP contribution in [-0.2, 0) is 4.79 Å². The Morgan fingerprint density at radius 3 is 2.68 bits per heavy atom. The van der Waals surface area contributed by atoms with Gasteiger partial charge in [-0.15, -0.1) is 0 Å². The molecule has 0 saturated carbocycles. The first kappa shape index (κ1) is 20.7. The van der Waals surface area contributed by atoms with Crippen LogP contribution in [-0.4, -0.2) is 38.9 Å². The van der Waals surface area contributed by atoms with E-state index in [0.717, 1.165) is 16.8 Å². The number of hydrogen-bond acceptors (Lipinski definition) is 8. The molecule has 0 spiro atoms. The van der Waals surface area contributed by atoms with Gasteiger partial charge in [0.2, 0.25) is 17.8 Å². The molecule has 1 saturated heterocycles. The van der Waals surface area contributed by atoms with E-state index in [1.807, 2.05) is 13.0 Å². The molecule has 0 radical (unpaired) electrons. The number of anilines is 3. The second kappa shape index (κ2) is 8.29. The van der Waals surface area contributed by atoms with Crippen LogP contribution in [0.25, 0.3) is 10.9 Å². The van der Waals surface area contributed by atoms with Gasteiger partial charge in [-0.1, -0.05) is 0 Å². The standard InChI is InChI=1S/C21H25FN8O/c1-11-16(22)4-3-14-9-15(12(2)27-21-26-10-25-20(24)29-21)19(28-17(11)14)30-7-5-13(6-8-30)18(23)31/h3-4,9-10,12-13H,5-8H2,1-2H3,(H2,23,31)(H3,24,25,26,27,29)/t12-/m0/s1. The maximum atomic E-state index is 14.2. The summed E-state index contributed by atoms with van der Waals surface area (Å²) in [5, 5.41) is 4.08. The third-order valence-electron chi connectivity index (χ3n) is 5.78. The minimum atomic E-state index is -0.294. The molecule has 162 valence electrons. The minimum Gasteiger partial charge on any atom is -0.369 e.